The third kappa shape index (κ3) is 5.07. The highest BCUT2D eigenvalue weighted by atomic mass is 19.1. The van der Waals surface area contributed by atoms with Crippen LogP contribution >= 0.6 is 0 Å². The van der Waals surface area contributed by atoms with Crippen LogP contribution in [0.1, 0.15) is 38.5 Å². The van der Waals surface area contributed by atoms with Crippen molar-refractivity contribution in [3.05, 3.63) is 73.1 Å². The average molecular weight is 562 g/mol. The molecule has 7 rings (SSSR count). The number of H-pyrrole nitrogens is 2. The number of amides is 1. The first-order valence-electron chi connectivity index (χ1n) is 14.1. The van der Waals surface area contributed by atoms with Gasteiger partial charge in [-0.1, -0.05) is 19.3 Å². The van der Waals surface area contributed by atoms with Crippen molar-refractivity contribution in [3.8, 4) is 39.5 Å². The van der Waals surface area contributed by atoms with Crippen LogP contribution in [0.15, 0.2) is 67.3 Å². The van der Waals surface area contributed by atoms with Crippen LogP contribution in [0, 0.1) is 11.7 Å². The van der Waals surface area contributed by atoms with E-state index in [4.69, 9.17) is 0 Å². The first kappa shape index (κ1) is 25.8. The molecule has 1 amide bonds. The van der Waals surface area contributed by atoms with E-state index in [0.29, 0.717) is 40.6 Å². The Hall–Kier alpha value is -5.12. The number of fused-ring (bicyclic) bond motifs is 2. The summed E-state index contributed by atoms with van der Waals surface area (Å²) >= 11 is 0. The molecule has 4 N–H and O–H groups in total. The molecular formula is C32H28FN7O2. The van der Waals surface area contributed by atoms with Crippen LogP contribution in [0.5, 0.6) is 5.75 Å². The smallest absolute Gasteiger partial charge is 0.224 e. The summed E-state index contributed by atoms with van der Waals surface area (Å²) in [6, 6.07) is 11.5. The van der Waals surface area contributed by atoms with E-state index in [1.807, 2.05) is 18.2 Å². The SMILES string of the molecule is O=C(CC1CCCCC1)Nc1cncc(-c2cc3c(-c4cc5c(-c6cc(O)cc(F)c6)ccnc5[nH]4)n[nH]c3cn2)c1. The second-order valence-corrected chi connectivity index (χ2v) is 10.9. The number of phenols is 1. The fourth-order valence-corrected chi connectivity index (χ4v) is 5.93. The molecule has 1 aliphatic carbocycles. The Kier molecular flexibility index (Phi) is 6.58. The van der Waals surface area contributed by atoms with E-state index in [1.165, 1.54) is 31.4 Å². The highest BCUT2D eigenvalue weighted by Gasteiger charge is 2.18. The zero-order chi connectivity index (χ0) is 28.6. The van der Waals surface area contributed by atoms with Crippen LogP contribution in [-0.4, -0.2) is 41.1 Å². The monoisotopic (exact) mass is 561 g/mol. The van der Waals surface area contributed by atoms with E-state index < -0.39 is 5.82 Å². The molecule has 0 aliphatic heterocycles. The molecular weight excluding hydrogens is 533 g/mol. The topological polar surface area (TPSA) is 132 Å². The molecule has 10 heteroatoms. The maximum atomic E-state index is 14.0. The van der Waals surface area contributed by atoms with Gasteiger partial charge in [-0.05, 0) is 66.3 Å². The number of hydrogen-bond acceptors (Lipinski definition) is 6. The van der Waals surface area contributed by atoms with Crippen molar-refractivity contribution in [2.24, 2.45) is 5.92 Å². The Balaban J connectivity index is 1.20. The van der Waals surface area contributed by atoms with Crippen LogP contribution < -0.4 is 5.32 Å². The molecule has 1 aromatic carbocycles. The lowest BCUT2D eigenvalue weighted by atomic mass is 9.87. The molecule has 0 saturated heterocycles. The summed E-state index contributed by atoms with van der Waals surface area (Å²) in [6.07, 6.45) is 13.2. The third-order valence-electron chi connectivity index (χ3n) is 7.94. The number of hydrogen-bond donors (Lipinski definition) is 4. The number of rotatable bonds is 6. The molecule has 0 spiro atoms. The summed E-state index contributed by atoms with van der Waals surface area (Å²) < 4.78 is 14.0. The number of phenolic OH excluding ortho intramolecular Hbond substituents is 1. The van der Waals surface area contributed by atoms with Crippen molar-refractivity contribution in [2.75, 3.05) is 5.32 Å². The fourth-order valence-electron chi connectivity index (χ4n) is 5.93. The predicted molar refractivity (Wildman–Crippen MR) is 159 cm³/mol. The van der Waals surface area contributed by atoms with E-state index >= 15 is 0 Å². The van der Waals surface area contributed by atoms with Gasteiger partial charge in [0, 0.05) is 41.2 Å². The van der Waals surface area contributed by atoms with Gasteiger partial charge in [-0.2, -0.15) is 5.10 Å². The van der Waals surface area contributed by atoms with Crippen molar-refractivity contribution in [3.63, 3.8) is 0 Å². The lowest BCUT2D eigenvalue weighted by molar-refractivity contribution is -0.117. The molecule has 1 fully saturated rings. The van der Waals surface area contributed by atoms with Crippen molar-refractivity contribution in [2.45, 2.75) is 38.5 Å². The first-order valence-corrected chi connectivity index (χ1v) is 14.1. The molecule has 0 radical (unpaired) electrons. The maximum absolute atomic E-state index is 14.0. The largest absolute Gasteiger partial charge is 0.508 e. The second-order valence-electron chi connectivity index (χ2n) is 10.9. The number of anilines is 1. The van der Waals surface area contributed by atoms with Crippen LogP contribution in [-0.2, 0) is 4.79 Å². The second kappa shape index (κ2) is 10.7. The summed E-state index contributed by atoms with van der Waals surface area (Å²) in [5.41, 5.74) is 6.12. The number of carbonyl (C=O) groups is 1. The van der Waals surface area contributed by atoms with Gasteiger partial charge in [-0.15, -0.1) is 0 Å². The lowest BCUT2D eigenvalue weighted by Crippen LogP contribution is -2.18. The van der Waals surface area contributed by atoms with E-state index in [0.717, 1.165) is 52.0 Å². The molecule has 6 aromatic rings. The Morgan fingerprint density at radius 2 is 1.86 bits per heavy atom. The van der Waals surface area contributed by atoms with Crippen molar-refractivity contribution >= 4 is 33.5 Å². The van der Waals surface area contributed by atoms with Crippen molar-refractivity contribution < 1.29 is 14.3 Å². The number of nitrogens with zero attached hydrogens (tertiary/aromatic N) is 4. The molecule has 0 atom stereocenters. The molecule has 42 heavy (non-hydrogen) atoms. The summed E-state index contributed by atoms with van der Waals surface area (Å²) in [7, 11) is 0. The predicted octanol–water partition coefficient (Wildman–Crippen LogP) is 6.98. The molecule has 9 nitrogen and oxygen atoms in total. The van der Waals surface area contributed by atoms with Gasteiger partial charge >= 0.3 is 0 Å². The van der Waals surface area contributed by atoms with E-state index in [-0.39, 0.29) is 11.7 Å². The lowest BCUT2D eigenvalue weighted by Gasteiger charge is -2.20. The zero-order valence-electron chi connectivity index (χ0n) is 22.7. The number of aromatic hydroxyl groups is 1. The number of halogens is 1. The van der Waals surface area contributed by atoms with Gasteiger partial charge in [0.05, 0.1) is 35.0 Å². The van der Waals surface area contributed by atoms with Gasteiger partial charge < -0.3 is 15.4 Å². The van der Waals surface area contributed by atoms with E-state index in [2.05, 4.69) is 35.5 Å². The number of carbonyl (C=O) groups excluding carboxylic acids is 1. The Morgan fingerprint density at radius 1 is 0.976 bits per heavy atom. The highest BCUT2D eigenvalue weighted by molar-refractivity contribution is 6.00. The number of aromatic nitrogens is 6. The summed E-state index contributed by atoms with van der Waals surface area (Å²) in [6.45, 7) is 0. The van der Waals surface area contributed by atoms with Gasteiger partial charge in [0.25, 0.3) is 0 Å². The van der Waals surface area contributed by atoms with Crippen LogP contribution in [0.2, 0.25) is 0 Å². The van der Waals surface area contributed by atoms with Crippen LogP contribution in [0.4, 0.5) is 10.1 Å². The number of aromatic amines is 2. The minimum atomic E-state index is -0.522. The van der Waals surface area contributed by atoms with Gasteiger partial charge in [0.2, 0.25) is 5.91 Å². The molecule has 0 bridgehead atoms. The highest BCUT2D eigenvalue weighted by Crippen LogP contribution is 2.35. The van der Waals surface area contributed by atoms with Crippen LogP contribution in [0.25, 0.3) is 55.7 Å². The third-order valence-corrected chi connectivity index (χ3v) is 7.94. The van der Waals surface area contributed by atoms with Crippen molar-refractivity contribution in [1.82, 2.24) is 30.1 Å². The summed E-state index contributed by atoms with van der Waals surface area (Å²) in [5, 5.41) is 22.1. The Bertz CT molecular complexity index is 1920. The van der Waals surface area contributed by atoms with E-state index in [9.17, 15) is 14.3 Å². The molecule has 5 aromatic heterocycles. The van der Waals surface area contributed by atoms with Gasteiger partial charge in [0.15, 0.2) is 0 Å². The fraction of sp³-hybridized carbons (Fsp3) is 0.219. The average Bonchev–Trinajstić information content (AvgIpc) is 3.61. The maximum Gasteiger partial charge on any atom is 0.224 e. The molecule has 0 unspecified atom stereocenters. The number of nitrogens with one attached hydrogen (secondary N) is 3. The molecule has 1 aliphatic rings. The normalized spacial score (nSPS) is 14.0. The van der Waals surface area contributed by atoms with E-state index in [1.54, 1.807) is 30.9 Å². The standard InChI is InChI=1S/C32H28FN7O2/c33-21-9-19(11-23(41)12-21)24-6-7-35-32-25(24)13-28(38-32)31-26-14-27(36-17-29(26)39-40-31)20-10-22(16-34-15-20)37-30(42)8-18-4-2-1-3-5-18/h6-7,9-18,41H,1-5,8H2,(H,35,38)(H,37,42)(H,39,40). The zero-order valence-corrected chi connectivity index (χ0v) is 22.7. The van der Waals surface area contributed by atoms with Gasteiger partial charge in [-0.3, -0.25) is 19.9 Å². The quantitative estimate of drug-likeness (QED) is 0.173. The van der Waals surface area contributed by atoms with Gasteiger partial charge in [-0.25, -0.2) is 9.37 Å². The number of pyridine rings is 3. The number of benzene rings is 1. The summed E-state index contributed by atoms with van der Waals surface area (Å²) in [4.78, 5) is 29.4. The molecule has 5 heterocycles. The summed E-state index contributed by atoms with van der Waals surface area (Å²) in [5.74, 6) is -0.199. The van der Waals surface area contributed by atoms with Crippen molar-refractivity contribution in [1.29, 1.82) is 0 Å². The Labute approximate surface area is 240 Å². The minimum absolute atomic E-state index is 0.0154. The minimum Gasteiger partial charge on any atom is -0.508 e. The Morgan fingerprint density at radius 3 is 2.71 bits per heavy atom. The first-order chi connectivity index (χ1) is 20.5. The van der Waals surface area contributed by atoms with Gasteiger partial charge in [0.1, 0.15) is 22.9 Å². The molecule has 210 valence electrons. The van der Waals surface area contributed by atoms with Crippen LogP contribution in [0.3, 0.4) is 0 Å². The molecule has 1 saturated carbocycles.